The van der Waals surface area contributed by atoms with Crippen LogP contribution in [-0.4, -0.2) is 37.7 Å². The summed E-state index contributed by atoms with van der Waals surface area (Å²) in [5.74, 6) is -1.69. The highest BCUT2D eigenvalue weighted by molar-refractivity contribution is 7.90. The zero-order chi connectivity index (χ0) is 16.0. The summed E-state index contributed by atoms with van der Waals surface area (Å²) >= 11 is 0. The van der Waals surface area contributed by atoms with E-state index in [9.17, 15) is 18.0 Å². The standard InChI is InChI=1S/C14H17NO5S/c1-3-4-5-12(14(17)18)15-13(16)10-6-8-11(9-7-10)21(2,19)20/h3-4,6-9,12H,5H2,1-2H3,(H,15,16)(H,17,18)/b4-3+. The van der Waals surface area contributed by atoms with Crippen LogP contribution in [0.25, 0.3) is 0 Å². The Morgan fingerprint density at radius 1 is 1.29 bits per heavy atom. The molecule has 0 aliphatic heterocycles. The Morgan fingerprint density at radius 2 is 1.86 bits per heavy atom. The van der Waals surface area contributed by atoms with E-state index in [-0.39, 0.29) is 16.9 Å². The predicted molar refractivity (Wildman–Crippen MR) is 77.9 cm³/mol. The quantitative estimate of drug-likeness (QED) is 0.770. The number of hydrogen-bond acceptors (Lipinski definition) is 4. The fourth-order valence-corrected chi connectivity index (χ4v) is 2.22. The summed E-state index contributed by atoms with van der Waals surface area (Å²) in [7, 11) is -3.33. The van der Waals surface area contributed by atoms with Crippen molar-refractivity contribution >= 4 is 21.7 Å². The van der Waals surface area contributed by atoms with Gasteiger partial charge in [-0.3, -0.25) is 4.79 Å². The minimum atomic E-state index is -3.33. The van der Waals surface area contributed by atoms with Crippen molar-refractivity contribution < 1.29 is 23.1 Å². The first-order chi connectivity index (χ1) is 9.75. The molecule has 2 N–H and O–H groups in total. The van der Waals surface area contributed by atoms with Crippen molar-refractivity contribution in [3.05, 3.63) is 42.0 Å². The fourth-order valence-electron chi connectivity index (χ4n) is 1.59. The van der Waals surface area contributed by atoms with Gasteiger partial charge in [-0.05, 0) is 37.6 Å². The Bertz CT molecular complexity index is 646. The normalized spacial score (nSPS) is 13.0. The van der Waals surface area contributed by atoms with Crippen LogP contribution >= 0.6 is 0 Å². The molecular formula is C14H17NO5S. The van der Waals surface area contributed by atoms with E-state index in [1.807, 2.05) is 0 Å². The number of carbonyl (C=O) groups is 2. The van der Waals surface area contributed by atoms with E-state index in [4.69, 9.17) is 5.11 Å². The average Bonchev–Trinajstić information content (AvgIpc) is 2.42. The third-order valence-electron chi connectivity index (χ3n) is 2.76. The Morgan fingerprint density at radius 3 is 2.29 bits per heavy atom. The molecule has 7 heteroatoms. The molecule has 1 rings (SSSR count). The first-order valence-corrected chi connectivity index (χ1v) is 8.09. The summed E-state index contributed by atoms with van der Waals surface area (Å²) in [6, 6.07) is 4.29. The van der Waals surface area contributed by atoms with Crippen LogP contribution < -0.4 is 5.32 Å². The summed E-state index contributed by atoms with van der Waals surface area (Å²) in [5.41, 5.74) is 0.203. The summed E-state index contributed by atoms with van der Waals surface area (Å²) in [6.07, 6.45) is 4.59. The van der Waals surface area contributed by atoms with Crippen LogP contribution in [0, 0.1) is 0 Å². The van der Waals surface area contributed by atoms with E-state index >= 15 is 0 Å². The van der Waals surface area contributed by atoms with Gasteiger partial charge in [0.2, 0.25) is 0 Å². The predicted octanol–water partition coefficient (Wildman–Crippen LogP) is 1.24. The van der Waals surface area contributed by atoms with Gasteiger partial charge in [0.15, 0.2) is 9.84 Å². The molecule has 6 nitrogen and oxygen atoms in total. The highest BCUT2D eigenvalue weighted by atomic mass is 32.2. The van der Waals surface area contributed by atoms with E-state index in [2.05, 4.69) is 5.32 Å². The molecular weight excluding hydrogens is 294 g/mol. The average molecular weight is 311 g/mol. The van der Waals surface area contributed by atoms with Crippen LogP contribution in [0.5, 0.6) is 0 Å². The van der Waals surface area contributed by atoms with Crippen molar-refractivity contribution in [3.63, 3.8) is 0 Å². The van der Waals surface area contributed by atoms with E-state index < -0.39 is 27.8 Å². The summed E-state index contributed by atoms with van der Waals surface area (Å²) in [6.45, 7) is 1.75. The molecule has 0 spiro atoms. The number of aliphatic carboxylic acids is 1. The minimum absolute atomic E-state index is 0.0998. The number of rotatable bonds is 6. The lowest BCUT2D eigenvalue weighted by molar-refractivity contribution is -0.139. The van der Waals surface area contributed by atoms with Gasteiger partial charge in [0, 0.05) is 11.8 Å². The molecule has 21 heavy (non-hydrogen) atoms. The third kappa shape index (κ3) is 5.03. The molecule has 0 fully saturated rings. The van der Waals surface area contributed by atoms with Crippen molar-refractivity contribution in [1.29, 1.82) is 0 Å². The first-order valence-electron chi connectivity index (χ1n) is 6.20. The highest BCUT2D eigenvalue weighted by Crippen LogP contribution is 2.10. The minimum Gasteiger partial charge on any atom is -0.480 e. The number of carboxylic acids is 1. The van der Waals surface area contributed by atoms with E-state index in [1.165, 1.54) is 24.3 Å². The molecule has 0 aliphatic rings. The van der Waals surface area contributed by atoms with E-state index in [1.54, 1.807) is 19.1 Å². The number of nitrogens with one attached hydrogen (secondary N) is 1. The van der Waals surface area contributed by atoms with Crippen LogP contribution in [0.2, 0.25) is 0 Å². The molecule has 0 saturated heterocycles. The van der Waals surface area contributed by atoms with Crippen molar-refractivity contribution in [2.45, 2.75) is 24.3 Å². The number of carbonyl (C=O) groups excluding carboxylic acids is 1. The number of amides is 1. The maximum atomic E-state index is 11.9. The fraction of sp³-hybridized carbons (Fsp3) is 0.286. The lowest BCUT2D eigenvalue weighted by atomic mass is 10.1. The SMILES string of the molecule is C/C=C/CC(NC(=O)c1ccc(S(C)(=O)=O)cc1)C(=O)O. The van der Waals surface area contributed by atoms with E-state index in [0.717, 1.165) is 6.26 Å². The Balaban J connectivity index is 2.85. The molecule has 0 heterocycles. The summed E-state index contributed by atoms with van der Waals surface area (Å²) in [5, 5.41) is 11.4. The Hall–Kier alpha value is -2.15. The van der Waals surface area contributed by atoms with Crippen LogP contribution in [-0.2, 0) is 14.6 Å². The monoisotopic (exact) mass is 311 g/mol. The summed E-state index contributed by atoms with van der Waals surface area (Å²) in [4.78, 5) is 23.1. The van der Waals surface area contributed by atoms with E-state index in [0.29, 0.717) is 0 Å². The molecule has 1 atom stereocenters. The second-order valence-corrected chi connectivity index (χ2v) is 6.48. The zero-order valence-corrected chi connectivity index (χ0v) is 12.6. The number of sulfone groups is 1. The van der Waals surface area contributed by atoms with Crippen LogP contribution in [0.1, 0.15) is 23.7 Å². The first kappa shape index (κ1) is 16.9. The topological polar surface area (TPSA) is 101 Å². The van der Waals surface area contributed by atoms with Crippen molar-refractivity contribution in [2.24, 2.45) is 0 Å². The summed E-state index contributed by atoms with van der Waals surface area (Å²) < 4.78 is 22.6. The molecule has 0 radical (unpaired) electrons. The largest absolute Gasteiger partial charge is 0.480 e. The molecule has 1 amide bonds. The van der Waals surface area contributed by atoms with Crippen LogP contribution in [0.4, 0.5) is 0 Å². The van der Waals surface area contributed by atoms with Crippen molar-refractivity contribution in [2.75, 3.05) is 6.26 Å². The zero-order valence-electron chi connectivity index (χ0n) is 11.7. The Labute approximate surface area is 123 Å². The number of carboxylic acid groups (broad SMARTS) is 1. The molecule has 0 aromatic heterocycles. The number of allylic oxidation sites excluding steroid dienone is 1. The van der Waals surface area contributed by atoms with Crippen LogP contribution in [0.3, 0.4) is 0 Å². The third-order valence-corrected chi connectivity index (χ3v) is 3.88. The molecule has 0 bridgehead atoms. The van der Waals surface area contributed by atoms with Gasteiger partial charge in [0.05, 0.1) is 4.90 Å². The van der Waals surface area contributed by atoms with Gasteiger partial charge in [-0.1, -0.05) is 12.2 Å². The second kappa shape index (κ2) is 7.03. The van der Waals surface area contributed by atoms with Gasteiger partial charge in [-0.2, -0.15) is 0 Å². The molecule has 0 saturated carbocycles. The van der Waals surface area contributed by atoms with Gasteiger partial charge in [-0.15, -0.1) is 0 Å². The lowest BCUT2D eigenvalue weighted by Gasteiger charge is -2.12. The second-order valence-electron chi connectivity index (χ2n) is 4.47. The maximum Gasteiger partial charge on any atom is 0.326 e. The molecule has 114 valence electrons. The van der Waals surface area contributed by atoms with Gasteiger partial charge >= 0.3 is 5.97 Å². The maximum absolute atomic E-state index is 11.9. The van der Waals surface area contributed by atoms with Crippen LogP contribution in [0.15, 0.2) is 41.3 Å². The van der Waals surface area contributed by atoms with Gasteiger partial charge < -0.3 is 10.4 Å². The molecule has 1 aromatic rings. The van der Waals surface area contributed by atoms with Gasteiger partial charge in [-0.25, -0.2) is 13.2 Å². The smallest absolute Gasteiger partial charge is 0.326 e. The van der Waals surface area contributed by atoms with Crippen molar-refractivity contribution in [1.82, 2.24) is 5.32 Å². The van der Waals surface area contributed by atoms with Crippen molar-refractivity contribution in [3.8, 4) is 0 Å². The molecule has 1 unspecified atom stereocenters. The lowest BCUT2D eigenvalue weighted by Crippen LogP contribution is -2.40. The molecule has 0 aliphatic carbocycles. The number of benzene rings is 1. The van der Waals surface area contributed by atoms with Gasteiger partial charge in [0.25, 0.3) is 5.91 Å². The Kier molecular flexibility index (Phi) is 5.66. The number of hydrogen-bond donors (Lipinski definition) is 2. The molecule has 1 aromatic carbocycles. The van der Waals surface area contributed by atoms with Gasteiger partial charge in [0.1, 0.15) is 6.04 Å². The highest BCUT2D eigenvalue weighted by Gasteiger charge is 2.19.